The van der Waals surface area contributed by atoms with Crippen molar-refractivity contribution in [2.24, 2.45) is 5.73 Å². The molecular weight excluding hydrogens is 272 g/mol. The first-order chi connectivity index (χ1) is 9.41. The van der Waals surface area contributed by atoms with Crippen molar-refractivity contribution in [3.8, 4) is 5.75 Å². The highest BCUT2D eigenvalue weighted by molar-refractivity contribution is 5.94. The molecule has 7 heteroatoms. The molecule has 1 aromatic carbocycles. The van der Waals surface area contributed by atoms with E-state index in [-0.39, 0.29) is 16.9 Å². The molecule has 1 atom stereocenters. The van der Waals surface area contributed by atoms with Gasteiger partial charge in [0.15, 0.2) is 0 Å². The lowest BCUT2D eigenvalue weighted by atomic mass is 9.95. The normalized spacial score (nSPS) is 17.1. The van der Waals surface area contributed by atoms with Gasteiger partial charge in [0, 0.05) is 0 Å². The smallest absolute Gasteiger partial charge is 0.336 e. The van der Waals surface area contributed by atoms with Crippen molar-refractivity contribution in [1.82, 2.24) is 0 Å². The molecule has 5 nitrogen and oxygen atoms in total. The lowest BCUT2D eigenvalue weighted by molar-refractivity contribution is -0.119. The molecule has 1 aliphatic rings. The van der Waals surface area contributed by atoms with Gasteiger partial charge in [-0.05, 0) is 36.1 Å². The monoisotopic (exact) mass is 285 g/mol. The molecule has 1 unspecified atom stereocenters. The number of ether oxygens (including phenoxy) is 1. The molecule has 0 bridgehead atoms. The first-order valence-electron chi connectivity index (χ1n) is 6.01. The second-order valence-corrected chi connectivity index (χ2v) is 4.50. The van der Waals surface area contributed by atoms with Crippen molar-refractivity contribution >= 4 is 11.9 Å². The lowest BCUT2D eigenvalue weighted by Gasteiger charge is -2.14. The molecule has 0 radical (unpaired) electrons. The van der Waals surface area contributed by atoms with Gasteiger partial charge in [-0.25, -0.2) is 13.6 Å². The number of nitrogens with two attached hydrogens (primary N) is 1. The number of amides is 1. The number of carbonyl (C=O) groups is 2. The van der Waals surface area contributed by atoms with Gasteiger partial charge in [-0.3, -0.25) is 4.79 Å². The number of carboxylic acids is 1. The summed E-state index contributed by atoms with van der Waals surface area (Å²) in [5.41, 5.74) is 5.99. The fraction of sp³-hybridized carbons (Fsp3) is 0.385. The fourth-order valence-corrected chi connectivity index (χ4v) is 2.49. The number of primary amides is 1. The number of aromatic carboxylic acids is 1. The molecule has 0 spiro atoms. The Hall–Kier alpha value is -2.18. The number of benzene rings is 1. The van der Waals surface area contributed by atoms with Gasteiger partial charge < -0.3 is 15.6 Å². The summed E-state index contributed by atoms with van der Waals surface area (Å²) < 4.78 is 29.4. The number of hydrogen-bond donors (Lipinski definition) is 2. The van der Waals surface area contributed by atoms with Crippen LogP contribution in [0.2, 0.25) is 0 Å². The highest BCUT2D eigenvalue weighted by Crippen LogP contribution is 2.40. The zero-order valence-electron chi connectivity index (χ0n) is 10.4. The Morgan fingerprint density at radius 3 is 2.70 bits per heavy atom. The van der Waals surface area contributed by atoms with Gasteiger partial charge in [0.1, 0.15) is 12.4 Å². The van der Waals surface area contributed by atoms with Crippen LogP contribution in [0.15, 0.2) is 12.1 Å². The highest BCUT2D eigenvalue weighted by atomic mass is 19.3. The summed E-state index contributed by atoms with van der Waals surface area (Å²) in [7, 11) is 0. The zero-order chi connectivity index (χ0) is 14.9. The first kappa shape index (κ1) is 14.2. The molecule has 3 N–H and O–H groups in total. The summed E-state index contributed by atoms with van der Waals surface area (Å²) in [4.78, 5) is 22.6. The van der Waals surface area contributed by atoms with Crippen molar-refractivity contribution in [1.29, 1.82) is 0 Å². The maximum Gasteiger partial charge on any atom is 0.336 e. The van der Waals surface area contributed by atoms with Gasteiger partial charge in [0.2, 0.25) is 5.91 Å². The predicted molar refractivity (Wildman–Crippen MR) is 65.2 cm³/mol. The number of carbonyl (C=O) groups excluding carboxylic acids is 1. The largest absolute Gasteiger partial charge is 0.487 e. The molecule has 2 rings (SSSR count). The van der Waals surface area contributed by atoms with E-state index in [9.17, 15) is 18.4 Å². The van der Waals surface area contributed by atoms with Crippen LogP contribution in [0, 0.1) is 0 Å². The topological polar surface area (TPSA) is 89.6 Å². The Balaban J connectivity index is 2.45. The van der Waals surface area contributed by atoms with Gasteiger partial charge in [0.25, 0.3) is 6.43 Å². The number of alkyl halides is 2. The highest BCUT2D eigenvalue weighted by Gasteiger charge is 2.33. The van der Waals surface area contributed by atoms with Crippen LogP contribution in [0.3, 0.4) is 0 Å². The van der Waals surface area contributed by atoms with Gasteiger partial charge in [-0.15, -0.1) is 0 Å². The van der Waals surface area contributed by atoms with Crippen LogP contribution in [-0.2, 0) is 11.2 Å². The first-order valence-corrected chi connectivity index (χ1v) is 6.01. The summed E-state index contributed by atoms with van der Waals surface area (Å²) in [6.07, 6.45) is -1.89. The standard InChI is InChI=1S/C13H13F2NO4/c14-10(15)5-20-9-4-3-8(13(18)19)11-6(9)1-2-7(11)12(16)17/h3-4,7,10H,1-2,5H2,(H2,16,17)(H,18,19). The quantitative estimate of drug-likeness (QED) is 0.858. The summed E-state index contributed by atoms with van der Waals surface area (Å²) in [5.74, 6) is -2.34. The van der Waals surface area contributed by atoms with Gasteiger partial charge in [0.05, 0.1) is 11.5 Å². The Bertz CT molecular complexity index is 560. The third-order valence-electron chi connectivity index (χ3n) is 3.28. The Morgan fingerprint density at radius 1 is 1.45 bits per heavy atom. The van der Waals surface area contributed by atoms with Crippen LogP contribution in [0.5, 0.6) is 5.75 Å². The molecule has 1 amide bonds. The number of fused-ring (bicyclic) bond motifs is 1. The molecule has 108 valence electrons. The summed E-state index contributed by atoms with van der Waals surface area (Å²) in [6.45, 7) is -0.778. The van der Waals surface area contributed by atoms with Gasteiger partial charge in [-0.2, -0.15) is 0 Å². The molecule has 1 aliphatic carbocycles. The Morgan fingerprint density at radius 2 is 2.15 bits per heavy atom. The average Bonchev–Trinajstić information content (AvgIpc) is 2.80. The minimum Gasteiger partial charge on any atom is -0.487 e. The second-order valence-electron chi connectivity index (χ2n) is 4.50. The molecule has 0 aliphatic heterocycles. The van der Waals surface area contributed by atoms with Crippen molar-refractivity contribution in [2.45, 2.75) is 25.2 Å². The van der Waals surface area contributed by atoms with Crippen LogP contribution >= 0.6 is 0 Å². The minimum atomic E-state index is -2.63. The van der Waals surface area contributed by atoms with E-state index in [4.69, 9.17) is 15.6 Å². The van der Waals surface area contributed by atoms with E-state index in [1.54, 1.807) is 0 Å². The molecule has 0 saturated heterocycles. The van der Waals surface area contributed by atoms with E-state index in [0.29, 0.717) is 18.4 Å². The third-order valence-corrected chi connectivity index (χ3v) is 3.28. The van der Waals surface area contributed by atoms with E-state index in [0.717, 1.165) is 0 Å². The molecule has 20 heavy (non-hydrogen) atoms. The number of hydrogen-bond acceptors (Lipinski definition) is 3. The lowest BCUT2D eigenvalue weighted by Crippen LogP contribution is -2.21. The Labute approximate surface area is 113 Å². The minimum absolute atomic E-state index is 0.0364. The van der Waals surface area contributed by atoms with Crippen molar-refractivity contribution in [3.63, 3.8) is 0 Å². The number of carboxylic acid groups (broad SMARTS) is 1. The van der Waals surface area contributed by atoms with Crippen LogP contribution in [0.1, 0.15) is 33.8 Å². The second kappa shape index (κ2) is 5.44. The van der Waals surface area contributed by atoms with Crippen molar-refractivity contribution in [2.75, 3.05) is 6.61 Å². The molecule has 0 heterocycles. The maximum atomic E-state index is 12.2. The van der Waals surface area contributed by atoms with Crippen LogP contribution in [0.4, 0.5) is 8.78 Å². The van der Waals surface area contributed by atoms with Crippen LogP contribution in [-0.4, -0.2) is 30.0 Å². The SMILES string of the molecule is NC(=O)C1CCc2c(OCC(F)F)ccc(C(=O)O)c21. The number of rotatable bonds is 5. The van der Waals surface area contributed by atoms with Crippen LogP contribution < -0.4 is 10.5 Å². The van der Waals surface area contributed by atoms with E-state index >= 15 is 0 Å². The predicted octanol–water partition coefficient (Wildman–Crippen LogP) is 1.54. The van der Waals surface area contributed by atoms with Crippen molar-refractivity contribution in [3.05, 3.63) is 28.8 Å². The molecule has 1 aromatic rings. The zero-order valence-corrected chi connectivity index (χ0v) is 10.4. The fourth-order valence-electron chi connectivity index (χ4n) is 2.49. The van der Waals surface area contributed by atoms with E-state index < -0.39 is 30.8 Å². The summed E-state index contributed by atoms with van der Waals surface area (Å²) in [6, 6.07) is 2.59. The van der Waals surface area contributed by atoms with E-state index in [1.807, 2.05) is 0 Å². The molecular formula is C13H13F2NO4. The maximum absolute atomic E-state index is 12.2. The third kappa shape index (κ3) is 2.56. The van der Waals surface area contributed by atoms with Gasteiger partial charge in [-0.1, -0.05) is 0 Å². The average molecular weight is 285 g/mol. The molecule has 0 fully saturated rings. The Kier molecular flexibility index (Phi) is 3.87. The summed E-state index contributed by atoms with van der Waals surface area (Å²) in [5, 5.41) is 9.14. The van der Waals surface area contributed by atoms with E-state index in [1.165, 1.54) is 12.1 Å². The summed E-state index contributed by atoms with van der Waals surface area (Å²) >= 11 is 0. The molecule has 0 aromatic heterocycles. The molecule has 0 saturated carbocycles. The van der Waals surface area contributed by atoms with E-state index in [2.05, 4.69) is 0 Å². The van der Waals surface area contributed by atoms with Gasteiger partial charge >= 0.3 is 5.97 Å². The van der Waals surface area contributed by atoms with Crippen LogP contribution in [0.25, 0.3) is 0 Å². The van der Waals surface area contributed by atoms with Crippen molar-refractivity contribution < 1.29 is 28.2 Å². The number of halogens is 2.